The molecule has 60 valence electrons. The van der Waals surface area contributed by atoms with Gasteiger partial charge in [-0.25, -0.2) is 0 Å². The van der Waals surface area contributed by atoms with E-state index in [-0.39, 0.29) is 0 Å². The lowest BCUT2D eigenvalue weighted by atomic mass is 9.87. The van der Waals surface area contributed by atoms with Crippen LogP contribution in [0.5, 0.6) is 0 Å². The summed E-state index contributed by atoms with van der Waals surface area (Å²) in [6.45, 7) is 0.359. The van der Waals surface area contributed by atoms with Crippen molar-refractivity contribution in [2.75, 3.05) is 18.1 Å². The van der Waals surface area contributed by atoms with Crippen LogP contribution in [0, 0.1) is 5.92 Å². The Kier molecular flexibility index (Phi) is 4.23. The van der Waals surface area contributed by atoms with Gasteiger partial charge in [-0.15, -0.1) is 0 Å². The van der Waals surface area contributed by atoms with Crippen molar-refractivity contribution in [3.8, 4) is 0 Å². The molecule has 0 saturated heterocycles. The van der Waals surface area contributed by atoms with E-state index in [0.29, 0.717) is 6.61 Å². The lowest BCUT2D eigenvalue weighted by Crippen LogP contribution is -2.13. The van der Waals surface area contributed by atoms with Crippen molar-refractivity contribution < 1.29 is 5.11 Å². The number of rotatable bonds is 5. The van der Waals surface area contributed by atoms with Crippen molar-refractivity contribution in [2.45, 2.75) is 25.7 Å². The third kappa shape index (κ3) is 2.93. The summed E-state index contributed by atoms with van der Waals surface area (Å²) in [5, 5.41) is 8.49. The molecule has 0 bridgehead atoms. The summed E-state index contributed by atoms with van der Waals surface area (Å²) in [6.07, 6.45) is 5.32. The standard InChI is InChI=1S/C8H16OS/c9-5-2-6-10-7-8-3-1-4-8/h8-9H,1-7H2. The molecule has 0 unspecified atom stereocenters. The topological polar surface area (TPSA) is 20.2 Å². The summed E-state index contributed by atoms with van der Waals surface area (Å²) in [5.74, 6) is 3.50. The quantitative estimate of drug-likeness (QED) is 0.620. The Morgan fingerprint density at radius 2 is 2.20 bits per heavy atom. The zero-order valence-electron chi connectivity index (χ0n) is 6.38. The second kappa shape index (κ2) is 5.03. The first-order valence-electron chi connectivity index (χ1n) is 4.12. The maximum absolute atomic E-state index is 8.49. The van der Waals surface area contributed by atoms with Crippen molar-refractivity contribution in [2.24, 2.45) is 5.92 Å². The third-order valence-corrected chi connectivity index (χ3v) is 3.31. The summed E-state index contributed by atoms with van der Waals surface area (Å²) < 4.78 is 0. The molecule has 1 rings (SSSR count). The van der Waals surface area contributed by atoms with Gasteiger partial charge in [-0.3, -0.25) is 0 Å². The van der Waals surface area contributed by atoms with Gasteiger partial charge < -0.3 is 5.11 Å². The van der Waals surface area contributed by atoms with Gasteiger partial charge in [0.2, 0.25) is 0 Å². The molecule has 1 saturated carbocycles. The molecule has 0 atom stereocenters. The average Bonchev–Trinajstić information content (AvgIpc) is 1.84. The average molecular weight is 160 g/mol. The SMILES string of the molecule is OCCCSCC1CCC1. The minimum Gasteiger partial charge on any atom is -0.396 e. The summed E-state index contributed by atoms with van der Waals surface area (Å²) in [5.41, 5.74) is 0. The number of hydrogen-bond acceptors (Lipinski definition) is 2. The van der Waals surface area contributed by atoms with Gasteiger partial charge in [0.25, 0.3) is 0 Å². The molecule has 0 amide bonds. The summed E-state index contributed by atoms with van der Waals surface area (Å²) in [4.78, 5) is 0. The first-order chi connectivity index (χ1) is 4.93. The molecule has 0 aromatic rings. The molecular formula is C8H16OS. The molecule has 0 aromatic carbocycles. The minimum absolute atomic E-state index is 0.359. The van der Waals surface area contributed by atoms with Crippen LogP contribution in [-0.2, 0) is 0 Å². The predicted octanol–water partition coefficient (Wildman–Crippen LogP) is 1.90. The van der Waals surface area contributed by atoms with E-state index in [9.17, 15) is 0 Å². The fraction of sp³-hybridized carbons (Fsp3) is 1.00. The fourth-order valence-electron chi connectivity index (χ4n) is 1.08. The molecule has 0 spiro atoms. The van der Waals surface area contributed by atoms with Crippen molar-refractivity contribution in [3.63, 3.8) is 0 Å². The molecule has 0 heterocycles. The van der Waals surface area contributed by atoms with Gasteiger partial charge >= 0.3 is 0 Å². The highest BCUT2D eigenvalue weighted by Crippen LogP contribution is 2.29. The maximum Gasteiger partial charge on any atom is 0.0438 e. The number of thioether (sulfide) groups is 1. The van der Waals surface area contributed by atoms with Gasteiger partial charge in [0.1, 0.15) is 0 Å². The molecule has 2 heteroatoms. The van der Waals surface area contributed by atoms with Crippen LogP contribution in [0.25, 0.3) is 0 Å². The van der Waals surface area contributed by atoms with Crippen molar-refractivity contribution in [1.82, 2.24) is 0 Å². The van der Waals surface area contributed by atoms with Gasteiger partial charge in [0, 0.05) is 6.61 Å². The summed E-state index contributed by atoms with van der Waals surface area (Å²) >= 11 is 2.00. The van der Waals surface area contributed by atoms with E-state index in [1.807, 2.05) is 11.8 Å². The van der Waals surface area contributed by atoms with Crippen LogP contribution < -0.4 is 0 Å². The summed E-state index contributed by atoms with van der Waals surface area (Å²) in [6, 6.07) is 0. The monoisotopic (exact) mass is 160 g/mol. The Morgan fingerprint density at radius 1 is 1.40 bits per heavy atom. The molecule has 1 aliphatic rings. The molecule has 1 fully saturated rings. The number of aliphatic hydroxyl groups excluding tert-OH is 1. The van der Waals surface area contributed by atoms with E-state index < -0.39 is 0 Å². The van der Waals surface area contributed by atoms with E-state index in [2.05, 4.69) is 0 Å². The van der Waals surface area contributed by atoms with E-state index in [1.54, 1.807) is 0 Å². The van der Waals surface area contributed by atoms with Crippen LogP contribution >= 0.6 is 11.8 Å². The fourth-order valence-corrected chi connectivity index (χ4v) is 2.24. The smallest absolute Gasteiger partial charge is 0.0438 e. The Hall–Kier alpha value is 0.310. The van der Waals surface area contributed by atoms with E-state index in [0.717, 1.165) is 18.1 Å². The Balaban J connectivity index is 1.76. The Morgan fingerprint density at radius 3 is 2.70 bits per heavy atom. The largest absolute Gasteiger partial charge is 0.396 e. The van der Waals surface area contributed by atoms with Crippen LogP contribution in [-0.4, -0.2) is 23.2 Å². The summed E-state index contributed by atoms with van der Waals surface area (Å²) in [7, 11) is 0. The van der Waals surface area contributed by atoms with E-state index in [1.165, 1.54) is 25.0 Å². The lowest BCUT2D eigenvalue weighted by molar-refractivity contribution is 0.296. The number of aliphatic hydroxyl groups is 1. The zero-order valence-corrected chi connectivity index (χ0v) is 7.20. The second-order valence-electron chi connectivity index (χ2n) is 2.95. The molecule has 1 nitrogen and oxygen atoms in total. The van der Waals surface area contributed by atoms with Gasteiger partial charge in [0.15, 0.2) is 0 Å². The van der Waals surface area contributed by atoms with Crippen molar-refractivity contribution in [3.05, 3.63) is 0 Å². The molecule has 0 aliphatic heterocycles. The second-order valence-corrected chi connectivity index (χ2v) is 4.10. The molecular weight excluding hydrogens is 144 g/mol. The minimum atomic E-state index is 0.359. The van der Waals surface area contributed by atoms with Crippen LogP contribution in [0.4, 0.5) is 0 Å². The molecule has 1 N–H and O–H groups in total. The lowest BCUT2D eigenvalue weighted by Gasteiger charge is -2.24. The number of hydrogen-bond donors (Lipinski definition) is 1. The molecule has 0 aromatic heterocycles. The first kappa shape index (κ1) is 8.41. The van der Waals surface area contributed by atoms with Gasteiger partial charge in [0.05, 0.1) is 0 Å². The molecule has 10 heavy (non-hydrogen) atoms. The van der Waals surface area contributed by atoms with Crippen LogP contribution in [0.3, 0.4) is 0 Å². The van der Waals surface area contributed by atoms with Crippen molar-refractivity contribution in [1.29, 1.82) is 0 Å². The molecule has 1 aliphatic carbocycles. The maximum atomic E-state index is 8.49. The van der Waals surface area contributed by atoms with Crippen molar-refractivity contribution >= 4 is 11.8 Å². The third-order valence-electron chi connectivity index (χ3n) is 2.03. The van der Waals surface area contributed by atoms with Crippen LogP contribution in [0.15, 0.2) is 0 Å². The van der Waals surface area contributed by atoms with Crippen LogP contribution in [0.2, 0.25) is 0 Å². The Bertz CT molecular complexity index is 81.3. The first-order valence-corrected chi connectivity index (χ1v) is 5.27. The Labute approximate surface area is 67.2 Å². The predicted molar refractivity (Wildman–Crippen MR) is 46.4 cm³/mol. The molecule has 0 radical (unpaired) electrons. The van der Waals surface area contributed by atoms with Crippen LogP contribution in [0.1, 0.15) is 25.7 Å². The highest BCUT2D eigenvalue weighted by molar-refractivity contribution is 7.99. The highest BCUT2D eigenvalue weighted by atomic mass is 32.2. The van der Waals surface area contributed by atoms with Gasteiger partial charge in [-0.05, 0) is 36.7 Å². The van der Waals surface area contributed by atoms with Gasteiger partial charge in [-0.2, -0.15) is 11.8 Å². The normalized spacial score (nSPS) is 18.9. The highest BCUT2D eigenvalue weighted by Gasteiger charge is 2.16. The van der Waals surface area contributed by atoms with Gasteiger partial charge in [-0.1, -0.05) is 6.42 Å². The zero-order chi connectivity index (χ0) is 7.23. The van der Waals surface area contributed by atoms with E-state index >= 15 is 0 Å². The van der Waals surface area contributed by atoms with E-state index in [4.69, 9.17) is 5.11 Å².